The molecule has 0 fully saturated rings. The van der Waals surface area contributed by atoms with Gasteiger partial charge in [0.25, 0.3) is 5.91 Å². The summed E-state index contributed by atoms with van der Waals surface area (Å²) in [4.78, 5) is 12.8. The first-order valence-corrected chi connectivity index (χ1v) is 9.06. The molecule has 3 rings (SSSR count). The Hall–Kier alpha value is -2.75. The number of benzene rings is 2. The standard InChI is InChI=1S/C22H25NO3/c1-5-19(16-9-7-14(3)8-10-16)23-22(24)21-15(4)18-13-17(25-6-2)11-12-20(18)26-21/h7-13,19H,5-6H2,1-4H3,(H,23,24)/t19-/m1/s1. The molecule has 136 valence electrons. The number of hydrogen-bond acceptors (Lipinski definition) is 3. The molecule has 1 heterocycles. The van der Waals surface area contributed by atoms with Crippen LogP contribution in [0.1, 0.15) is 53.6 Å². The Morgan fingerprint density at radius 2 is 1.85 bits per heavy atom. The van der Waals surface area contributed by atoms with Crippen LogP contribution >= 0.6 is 0 Å². The van der Waals surface area contributed by atoms with Crippen LogP contribution in [-0.4, -0.2) is 12.5 Å². The largest absolute Gasteiger partial charge is 0.494 e. The van der Waals surface area contributed by atoms with Crippen LogP contribution in [0.3, 0.4) is 0 Å². The van der Waals surface area contributed by atoms with Gasteiger partial charge in [-0.05, 0) is 51.0 Å². The molecule has 0 aliphatic carbocycles. The fraction of sp³-hybridized carbons (Fsp3) is 0.318. The lowest BCUT2D eigenvalue weighted by atomic mass is 10.0. The Balaban J connectivity index is 1.86. The van der Waals surface area contributed by atoms with E-state index in [1.165, 1.54) is 5.56 Å². The zero-order valence-electron chi connectivity index (χ0n) is 15.8. The first-order chi connectivity index (χ1) is 12.5. The number of carbonyl (C=O) groups excluding carboxylic acids is 1. The van der Waals surface area contributed by atoms with Gasteiger partial charge in [0.1, 0.15) is 11.3 Å². The fourth-order valence-corrected chi connectivity index (χ4v) is 3.12. The normalized spacial score (nSPS) is 12.2. The predicted octanol–water partition coefficient (Wildman–Crippen LogP) is 5.33. The minimum atomic E-state index is -0.191. The van der Waals surface area contributed by atoms with E-state index in [2.05, 4.69) is 43.4 Å². The summed E-state index contributed by atoms with van der Waals surface area (Å²) < 4.78 is 11.4. The van der Waals surface area contributed by atoms with Crippen molar-refractivity contribution in [3.8, 4) is 5.75 Å². The van der Waals surface area contributed by atoms with Crippen molar-refractivity contribution in [2.75, 3.05) is 6.61 Å². The van der Waals surface area contributed by atoms with Gasteiger partial charge in [0.15, 0.2) is 5.76 Å². The molecular formula is C22H25NO3. The maximum atomic E-state index is 12.8. The molecule has 4 heteroatoms. The highest BCUT2D eigenvalue weighted by atomic mass is 16.5. The lowest BCUT2D eigenvalue weighted by Gasteiger charge is -2.17. The van der Waals surface area contributed by atoms with Gasteiger partial charge in [0.05, 0.1) is 12.6 Å². The van der Waals surface area contributed by atoms with Crippen molar-refractivity contribution in [2.45, 2.75) is 40.2 Å². The molecule has 1 atom stereocenters. The minimum absolute atomic E-state index is 0.0466. The summed E-state index contributed by atoms with van der Waals surface area (Å²) in [5, 5.41) is 4.00. The second-order valence-corrected chi connectivity index (χ2v) is 6.49. The van der Waals surface area contributed by atoms with E-state index < -0.39 is 0 Å². The molecule has 26 heavy (non-hydrogen) atoms. The maximum absolute atomic E-state index is 12.8. The predicted molar refractivity (Wildman–Crippen MR) is 104 cm³/mol. The minimum Gasteiger partial charge on any atom is -0.494 e. The SMILES string of the molecule is CCOc1ccc2oc(C(=O)N[C@H](CC)c3ccc(C)cc3)c(C)c2c1. The lowest BCUT2D eigenvalue weighted by molar-refractivity contribution is 0.0909. The van der Waals surface area contributed by atoms with E-state index in [1.807, 2.05) is 32.0 Å². The maximum Gasteiger partial charge on any atom is 0.287 e. The van der Waals surface area contributed by atoms with Gasteiger partial charge in [-0.25, -0.2) is 0 Å². The van der Waals surface area contributed by atoms with Crippen molar-refractivity contribution in [1.29, 1.82) is 0 Å². The third kappa shape index (κ3) is 3.59. The fourth-order valence-electron chi connectivity index (χ4n) is 3.12. The summed E-state index contributed by atoms with van der Waals surface area (Å²) in [6.07, 6.45) is 0.808. The summed E-state index contributed by atoms with van der Waals surface area (Å²) in [5.41, 5.74) is 3.82. The number of nitrogens with one attached hydrogen (secondary N) is 1. The molecule has 2 aromatic carbocycles. The number of amides is 1. The quantitative estimate of drug-likeness (QED) is 0.653. The summed E-state index contributed by atoms with van der Waals surface area (Å²) >= 11 is 0. The summed E-state index contributed by atoms with van der Waals surface area (Å²) in [6, 6.07) is 13.8. The molecule has 1 amide bonds. The third-order valence-electron chi connectivity index (χ3n) is 4.62. The van der Waals surface area contributed by atoms with E-state index in [0.29, 0.717) is 18.0 Å². The number of fused-ring (bicyclic) bond motifs is 1. The molecule has 0 spiro atoms. The average molecular weight is 351 g/mol. The molecular weight excluding hydrogens is 326 g/mol. The molecule has 4 nitrogen and oxygen atoms in total. The Morgan fingerprint density at radius 1 is 1.12 bits per heavy atom. The molecule has 0 saturated heterocycles. The van der Waals surface area contributed by atoms with Crippen molar-refractivity contribution >= 4 is 16.9 Å². The monoisotopic (exact) mass is 351 g/mol. The van der Waals surface area contributed by atoms with Gasteiger partial charge < -0.3 is 14.5 Å². The second kappa shape index (κ2) is 7.65. The van der Waals surface area contributed by atoms with Crippen molar-refractivity contribution in [1.82, 2.24) is 5.32 Å². The molecule has 0 saturated carbocycles. The Kier molecular flexibility index (Phi) is 5.31. The Morgan fingerprint density at radius 3 is 2.50 bits per heavy atom. The highest BCUT2D eigenvalue weighted by molar-refractivity contribution is 5.99. The highest BCUT2D eigenvalue weighted by Gasteiger charge is 2.21. The highest BCUT2D eigenvalue weighted by Crippen LogP contribution is 2.29. The molecule has 0 radical (unpaired) electrons. The first kappa shape index (κ1) is 18.1. The van der Waals surface area contributed by atoms with Gasteiger partial charge >= 0.3 is 0 Å². The van der Waals surface area contributed by atoms with Crippen molar-refractivity contribution in [2.24, 2.45) is 0 Å². The van der Waals surface area contributed by atoms with Gasteiger partial charge in [-0.15, -0.1) is 0 Å². The van der Waals surface area contributed by atoms with E-state index in [9.17, 15) is 4.79 Å². The first-order valence-electron chi connectivity index (χ1n) is 9.06. The summed E-state index contributed by atoms with van der Waals surface area (Å²) in [7, 11) is 0. The molecule has 0 aliphatic rings. The molecule has 1 N–H and O–H groups in total. The average Bonchev–Trinajstić information content (AvgIpc) is 2.97. The molecule has 0 bridgehead atoms. The van der Waals surface area contributed by atoms with Crippen LogP contribution in [-0.2, 0) is 0 Å². The number of hydrogen-bond donors (Lipinski definition) is 1. The Labute approximate surface area is 154 Å². The Bertz CT molecular complexity index is 909. The van der Waals surface area contributed by atoms with E-state index in [4.69, 9.17) is 9.15 Å². The van der Waals surface area contributed by atoms with Crippen LogP contribution in [0.2, 0.25) is 0 Å². The van der Waals surface area contributed by atoms with Gasteiger partial charge in [-0.2, -0.15) is 0 Å². The van der Waals surface area contributed by atoms with E-state index in [-0.39, 0.29) is 11.9 Å². The molecule has 0 aliphatic heterocycles. The zero-order chi connectivity index (χ0) is 18.7. The molecule has 0 unspecified atom stereocenters. The number of aryl methyl sites for hydroxylation is 2. The zero-order valence-corrected chi connectivity index (χ0v) is 15.8. The topological polar surface area (TPSA) is 51.5 Å². The second-order valence-electron chi connectivity index (χ2n) is 6.49. The van der Waals surface area contributed by atoms with Gasteiger partial charge in [0, 0.05) is 10.9 Å². The van der Waals surface area contributed by atoms with Crippen molar-refractivity contribution in [3.05, 3.63) is 64.9 Å². The van der Waals surface area contributed by atoms with Crippen molar-refractivity contribution in [3.63, 3.8) is 0 Å². The van der Waals surface area contributed by atoms with E-state index >= 15 is 0 Å². The summed E-state index contributed by atoms with van der Waals surface area (Å²) in [5.74, 6) is 0.949. The van der Waals surface area contributed by atoms with Gasteiger partial charge in [0.2, 0.25) is 0 Å². The van der Waals surface area contributed by atoms with Gasteiger partial charge in [-0.1, -0.05) is 36.8 Å². The molecule has 1 aromatic heterocycles. The number of rotatable bonds is 6. The van der Waals surface area contributed by atoms with Crippen LogP contribution in [0.25, 0.3) is 11.0 Å². The van der Waals surface area contributed by atoms with Crippen LogP contribution in [0.15, 0.2) is 46.9 Å². The summed E-state index contributed by atoms with van der Waals surface area (Å²) in [6.45, 7) is 8.57. The van der Waals surface area contributed by atoms with Crippen LogP contribution in [0, 0.1) is 13.8 Å². The van der Waals surface area contributed by atoms with Gasteiger partial charge in [-0.3, -0.25) is 4.79 Å². The van der Waals surface area contributed by atoms with E-state index in [0.717, 1.165) is 28.7 Å². The van der Waals surface area contributed by atoms with E-state index in [1.54, 1.807) is 0 Å². The number of ether oxygens (including phenoxy) is 1. The number of furan rings is 1. The van der Waals surface area contributed by atoms with Crippen LogP contribution < -0.4 is 10.1 Å². The number of carbonyl (C=O) groups is 1. The smallest absolute Gasteiger partial charge is 0.287 e. The lowest BCUT2D eigenvalue weighted by Crippen LogP contribution is -2.28. The molecule has 3 aromatic rings. The third-order valence-corrected chi connectivity index (χ3v) is 4.62. The van der Waals surface area contributed by atoms with Crippen LogP contribution in [0.5, 0.6) is 5.75 Å². The van der Waals surface area contributed by atoms with Crippen LogP contribution in [0.4, 0.5) is 0 Å². The van der Waals surface area contributed by atoms with Crippen molar-refractivity contribution < 1.29 is 13.9 Å².